The molecule has 0 aliphatic heterocycles. The average Bonchev–Trinajstić information content (AvgIpc) is 2.35. The second-order valence-corrected chi connectivity index (χ2v) is 3.41. The second kappa shape index (κ2) is 5.25. The van der Waals surface area contributed by atoms with Gasteiger partial charge in [0.05, 0.1) is 6.20 Å². The van der Waals surface area contributed by atoms with Crippen LogP contribution in [0.2, 0.25) is 0 Å². The smallest absolute Gasteiger partial charge is 0.224 e. The predicted octanol–water partition coefficient (Wildman–Crippen LogP) is 2.79. The minimum Gasteiger partial charge on any atom is -0.354 e. The van der Waals surface area contributed by atoms with Crippen LogP contribution in [0.4, 0.5) is 21.8 Å². The normalized spacial score (nSPS) is 10.0. The van der Waals surface area contributed by atoms with E-state index in [2.05, 4.69) is 20.6 Å². The van der Waals surface area contributed by atoms with Crippen LogP contribution in [0, 0.1) is 5.82 Å². The molecule has 1 aromatic carbocycles. The SMILES string of the molecule is CCNc1ncc(F)c(Nc2ccccc2)n1. The first-order chi connectivity index (χ1) is 8.29. The summed E-state index contributed by atoms with van der Waals surface area (Å²) in [5.74, 6) is 0.102. The summed E-state index contributed by atoms with van der Waals surface area (Å²) in [6.07, 6.45) is 1.15. The summed E-state index contributed by atoms with van der Waals surface area (Å²) in [5.41, 5.74) is 0.785. The van der Waals surface area contributed by atoms with Crippen molar-refractivity contribution in [3.8, 4) is 0 Å². The van der Waals surface area contributed by atoms with Crippen LogP contribution in [0.1, 0.15) is 6.92 Å². The highest BCUT2D eigenvalue weighted by Gasteiger charge is 2.06. The number of para-hydroxylation sites is 1. The molecule has 0 fully saturated rings. The molecule has 0 bridgehead atoms. The van der Waals surface area contributed by atoms with Crippen LogP contribution in [0.3, 0.4) is 0 Å². The maximum atomic E-state index is 13.5. The first-order valence-electron chi connectivity index (χ1n) is 5.38. The highest BCUT2D eigenvalue weighted by molar-refractivity contribution is 5.57. The van der Waals surface area contributed by atoms with Gasteiger partial charge in [0, 0.05) is 12.2 Å². The van der Waals surface area contributed by atoms with Gasteiger partial charge in [0.15, 0.2) is 11.6 Å². The van der Waals surface area contributed by atoms with Crippen molar-refractivity contribution in [1.29, 1.82) is 0 Å². The van der Waals surface area contributed by atoms with Crippen molar-refractivity contribution in [2.24, 2.45) is 0 Å². The van der Waals surface area contributed by atoms with Gasteiger partial charge in [-0.05, 0) is 19.1 Å². The highest BCUT2D eigenvalue weighted by Crippen LogP contribution is 2.17. The van der Waals surface area contributed by atoms with E-state index in [1.54, 1.807) is 0 Å². The molecule has 17 heavy (non-hydrogen) atoms. The third-order valence-corrected chi connectivity index (χ3v) is 2.12. The van der Waals surface area contributed by atoms with E-state index < -0.39 is 5.82 Å². The Hall–Kier alpha value is -2.17. The summed E-state index contributed by atoms with van der Waals surface area (Å²) in [6.45, 7) is 2.62. The molecule has 0 amide bonds. The minimum absolute atomic E-state index is 0.169. The molecule has 0 saturated carbocycles. The van der Waals surface area contributed by atoms with Crippen molar-refractivity contribution < 1.29 is 4.39 Å². The summed E-state index contributed by atoms with van der Waals surface area (Å²) in [7, 11) is 0. The lowest BCUT2D eigenvalue weighted by Crippen LogP contribution is -2.05. The molecule has 0 unspecified atom stereocenters. The van der Waals surface area contributed by atoms with Crippen LogP contribution in [0.15, 0.2) is 36.5 Å². The fourth-order valence-electron chi connectivity index (χ4n) is 1.36. The van der Waals surface area contributed by atoms with Gasteiger partial charge in [0.1, 0.15) is 0 Å². The van der Waals surface area contributed by atoms with Gasteiger partial charge in [0.25, 0.3) is 0 Å². The van der Waals surface area contributed by atoms with Gasteiger partial charge in [-0.25, -0.2) is 9.37 Å². The van der Waals surface area contributed by atoms with E-state index in [4.69, 9.17) is 0 Å². The van der Waals surface area contributed by atoms with E-state index >= 15 is 0 Å². The van der Waals surface area contributed by atoms with Gasteiger partial charge in [-0.15, -0.1) is 0 Å². The minimum atomic E-state index is -0.476. The van der Waals surface area contributed by atoms with E-state index in [-0.39, 0.29) is 5.82 Å². The van der Waals surface area contributed by atoms with Crippen LogP contribution in [0.25, 0.3) is 0 Å². The summed E-state index contributed by atoms with van der Waals surface area (Å²) in [4.78, 5) is 7.88. The Bertz CT molecular complexity index is 487. The Morgan fingerprint density at radius 3 is 2.71 bits per heavy atom. The van der Waals surface area contributed by atoms with Gasteiger partial charge in [-0.1, -0.05) is 18.2 Å². The number of benzene rings is 1. The fraction of sp³-hybridized carbons (Fsp3) is 0.167. The van der Waals surface area contributed by atoms with Crippen LogP contribution in [-0.2, 0) is 0 Å². The summed E-state index contributed by atoms with van der Waals surface area (Å²) in [5, 5.41) is 5.84. The summed E-state index contributed by atoms with van der Waals surface area (Å²) >= 11 is 0. The van der Waals surface area contributed by atoms with Gasteiger partial charge in [-0.3, -0.25) is 0 Å². The molecule has 0 saturated heterocycles. The molecule has 2 aromatic rings. The standard InChI is InChI=1S/C12H13FN4/c1-2-14-12-15-8-10(13)11(17-12)16-9-6-4-3-5-7-9/h3-8H,2H2,1H3,(H2,14,15,16,17). The van der Waals surface area contributed by atoms with Crippen molar-refractivity contribution in [2.75, 3.05) is 17.2 Å². The lowest BCUT2D eigenvalue weighted by molar-refractivity contribution is 0.619. The van der Waals surface area contributed by atoms with E-state index in [1.807, 2.05) is 37.3 Å². The number of hydrogen-bond acceptors (Lipinski definition) is 4. The van der Waals surface area contributed by atoms with E-state index in [1.165, 1.54) is 0 Å². The number of halogens is 1. The first kappa shape index (κ1) is 11.3. The topological polar surface area (TPSA) is 49.8 Å². The molecule has 0 radical (unpaired) electrons. The molecule has 0 aliphatic rings. The molecule has 0 aliphatic carbocycles. The Morgan fingerprint density at radius 1 is 1.24 bits per heavy atom. The monoisotopic (exact) mass is 232 g/mol. The Labute approximate surface area is 98.9 Å². The molecule has 2 rings (SSSR count). The van der Waals surface area contributed by atoms with Crippen LogP contribution in [0.5, 0.6) is 0 Å². The van der Waals surface area contributed by atoms with Gasteiger partial charge in [-0.2, -0.15) is 4.98 Å². The number of nitrogens with one attached hydrogen (secondary N) is 2. The largest absolute Gasteiger partial charge is 0.354 e. The maximum Gasteiger partial charge on any atom is 0.224 e. The van der Waals surface area contributed by atoms with Gasteiger partial charge in [0.2, 0.25) is 5.95 Å². The van der Waals surface area contributed by atoms with Crippen LogP contribution in [-0.4, -0.2) is 16.5 Å². The molecular formula is C12H13FN4. The van der Waals surface area contributed by atoms with Gasteiger partial charge < -0.3 is 10.6 Å². The Balaban J connectivity index is 2.22. The zero-order chi connectivity index (χ0) is 12.1. The predicted molar refractivity (Wildman–Crippen MR) is 65.9 cm³/mol. The lowest BCUT2D eigenvalue weighted by Gasteiger charge is -2.08. The third kappa shape index (κ3) is 2.90. The Kier molecular flexibility index (Phi) is 3.49. The van der Waals surface area contributed by atoms with Gasteiger partial charge >= 0.3 is 0 Å². The van der Waals surface area contributed by atoms with Crippen molar-refractivity contribution in [1.82, 2.24) is 9.97 Å². The molecule has 0 spiro atoms. The average molecular weight is 232 g/mol. The fourth-order valence-corrected chi connectivity index (χ4v) is 1.36. The molecule has 4 nitrogen and oxygen atoms in total. The van der Waals surface area contributed by atoms with Crippen molar-refractivity contribution in [3.63, 3.8) is 0 Å². The zero-order valence-electron chi connectivity index (χ0n) is 9.44. The highest BCUT2D eigenvalue weighted by atomic mass is 19.1. The molecular weight excluding hydrogens is 219 g/mol. The molecule has 5 heteroatoms. The second-order valence-electron chi connectivity index (χ2n) is 3.41. The zero-order valence-corrected chi connectivity index (χ0v) is 9.44. The van der Waals surface area contributed by atoms with E-state index in [0.29, 0.717) is 12.5 Å². The molecule has 0 atom stereocenters. The number of hydrogen-bond donors (Lipinski definition) is 2. The number of aromatic nitrogens is 2. The van der Waals surface area contributed by atoms with Crippen LogP contribution < -0.4 is 10.6 Å². The van der Waals surface area contributed by atoms with Crippen molar-refractivity contribution >= 4 is 17.5 Å². The van der Waals surface area contributed by atoms with Crippen molar-refractivity contribution in [3.05, 3.63) is 42.3 Å². The molecule has 1 aromatic heterocycles. The van der Waals surface area contributed by atoms with Crippen LogP contribution >= 0.6 is 0 Å². The third-order valence-electron chi connectivity index (χ3n) is 2.12. The number of nitrogens with zero attached hydrogens (tertiary/aromatic N) is 2. The lowest BCUT2D eigenvalue weighted by atomic mass is 10.3. The Morgan fingerprint density at radius 2 is 2.00 bits per heavy atom. The first-order valence-corrected chi connectivity index (χ1v) is 5.38. The summed E-state index contributed by atoms with van der Waals surface area (Å²) < 4.78 is 13.5. The summed E-state index contributed by atoms with van der Waals surface area (Å²) in [6, 6.07) is 9.31. The number of anilines is 3. The molecule has 1 heterocycles. The van der Waals surface area contributed by atoms with E-state index in [9.17, 15) is 4.39 Å². The van der Waals surface area contributed by atoms with Crippen molar-refractivity contribution in [2.45, 2.75) is 6.92 Å². The van der Waals surface area contributed by atoms with E-state index in [0.717, 1.165) is 11.9 Å². The quantitative estimate of drug-likeness (QED) is 0.851. The molecule has 2 N–H and O–H groups in total. The number of rotatable bonds is 4. The molecule has 88 valence electrons. The maximum absolute atomic E-state index is 13.5.